The summed E-state index contributed by atoms with van der Waals surface area (Å²) in [6, 6.07) is 0. The molecular formula is C10H10N2O4S2. The van der Waals surface area contributed by atoms with Gasteiger partial charge < -0.3 is 9.47 Å². The molecule has 8 heteroatoms. The Hall–Kier alpha value is -1.64. The molecule has 6 nitrogen and oxygen atoms in total. The first-order valence-electron chi connectivity index (χ1n) is 4.82. The van der Waals surface area contributed by atoms with E-state index in [4.69, 9.17) is 20.0 Å². The van der Waals surface area contributed by atoms with Crippen LogP contribution in [0.5, 0.6) is 0 Å². The molecule has 96 valence electrons. The second kappa shape index (κ2) is 9.40. The highest BCUT2D eigenvalue weighted by molar-refractivity contribution is 8.12. The van der Waals surface area contributed by atoms with Crippen molar-refractivity contribution in [1.82, 2.24) is 0 Å². The van der Waals surface area contributed by atoms with Gasteiger partial charge in [-0.1, -0.05) is 0 Å². The standard InChI is InChI=1S/C10H10N2O4S2/c1-3-15-9(13)7(17-5-11)8(18-6-12)10(14)16-4-2/h3-4H2,1-2H3/b8-7+. The van der Waals surface area contributed by atoms with Crippen LogP contribution in [0.2, 0.25) is 0 Å². The minimum absolute atomic E-state index is 0.0989. The number of carbonyl (C=O) groups excluding carboxylic acids is 2. The van der Waals surface area contributed by atoms with Crippen molar-refractivity contribution < 1.29 is 19.1 Å². The minimum atomic E-state index is -0.824. The van der Waals surface area contributed by atoms with Crippen molar-refractivity contribution in [2.75, 3.05) is 13.2 Å². The molecule has 0 radical (unpaired) electrons. The average molecular weight is 286 g/mol. The monoisotopic (exact) mass is 286 g/mol. The molecule has 0 spiro atoms. The third-order valence-electron chi connectivity index (χ3n) is 1.42. The van der Waals surface area contributed by atoms with E-state index in [2.05, 4.69) is 0 Å². The van der Waals surface area contributed by atoms with E-state index >= 15 is 0 Å². The quantitative estimate of drug-likeness (QED) is 0.413. The molecular weight excluding hydrogens is 276 g/mol. The molecule has 0 heterocycles. The average Bonchev–Trinajstić information content (AvgIpc) is 2.34. The molecule has 0 atom stereocenters. The molecule has 0 aliphatic heterocycles. The smallest absolute Gasteiger partial charge is 0.347 e. The predicted octanol–water partition coefficient (Wildman–Crippen LogP) is 1.75. The Morgan fingerprint density at radius 1 is 0.944 bits per heavy atom. The van der Waals surface area contributed by atoms with Crippen LogP contribution in [0.3, 0.4) is 0 Å². The van der Waals surface area contributed by atoms with E-state index in [0.29, 0.717) is 23.5 Å². The zero-order chi connectivity index (χ0) is 14.0. The fraction of sp³-hybridized carbons (Fsp3) is 0.400. The molecule has 0 rings (SSSR count). The molecule has 0 saturated heterocycles. The number of hydrogen-bond donors (Lipinski definition) is 0. The highest BCUT2D eigenvalue weighted by Crippen LogP contribution is 2.29. The Balaban J connectivity index is 5.43. The van der Waals surface area contributed by atoms with Gasteiger partial charge in [0.2, 0.25) is 0 Å². The predicted molar refractivity (Wildman–Crippen MR) is 66.7 cm³/mol. The zero-order valence-electron chi connectivity index (χ0n) is 9.76. The lowest BCUT2D eigenvalue weighted by atomic mass is 10.5. The maximum atomic E-state index is 11.6. The number of hydrogen-bond acceptors (Lipinski definition) is 8. The van der Waals surface area contributed by atoms with Gasteiger partial charge in [0.25, 0.3) is 0 Å². The highest BCUT2D eigenvalue weighted by Gasteiger charge is 2.25. The summed E-state index contributed by atoms with van der Waals surface area (Å²) in [6.45, 7) is 3.38. The van der Waals surface area contributed by atoms with E-state index in [-0.39, 0.29) is 23.0 Å². The van der Waals surface area contributed by atoms with Gasteiger partial charge in [0.1, 0.15) is 20.6 Å². The van der Waals surface area contributed by atoms with Crippen LogP contribution in [0.4, 0.5) is 0 Å². The molecule has 0 bridgehead atoms. The fourth-order valence-electron chi connectivity index (χ4n) is 0.846. The molecule has 0 fully saturated rings. The SMILES string of the molecule is CCOC(=O)/C(SC#N)=C(\SC#N)C(=O)OCC. The van der Waals surface area contributed by atoms with Crippen molar-refractivity contribution in [2.24, 2.45) is 0 Å². The molecule has 18 heavy (non-hydrogen) atoms. The summed E-state index contributed by atoms with van der Waals surface area (Å²) in [5.41, 5.74) is 0. The lowest BCUT2D eigenvalue weighted by molar-refractivity contribution is -0.140. The van der Waals surface area contributed by atoms with Crippen LogP contribution in [0.15, 0.2) is 9.81 Å². The molecule has 0 aromatic carbocycles. The third kappa shape index (κ3) is 5.13. The Morgan fingerprint density at radius 3 is 1.50 bits per heavy atom. The van der Waals surface area contributed by atoms with Gasteiger partial charge in [-0.15, -0.1) is 0 Å². The van der Waals surface area contributed by atoms with Crippen molar-refractivity contribution >= 4 is 35.5 Å². The van der Waals surface area contributed by atoms with Crippen LogP contribution < -0.4 is 0 Å². The van der Waals surface area contributed by atoms with E-state index in [9.17, 15) is 9.59 Å². The van der Waals surface area contributed by atoms with Gasteiger partial charge in [-0.3, -0.25) is 0 Å². The first-order chi connectivity index (χ1) is 8.62. The van der Waals surface area contributed by atoms with Crippen LogP contribution in [-0.4, -0.2) is 25.2 Å². The van der Waals surface area contributed by atoms with E-state index in [1.165, 1.54) is 0 Å². The van der Waals surface area contributed by atoms with Crippen molar-refractivity contribution in [3.05, 3.63) is 9.81 Å². The summed E-state index contributed by atoms with van der Waals surface area (Å²) in [5, 5.41) is 20.6. The summed E-state index contributed by atoms with van der Waals surface area (Å²) < 4.78 is 9.43. The van der Waals surface area contributed by atoms with Crippen molar-refractivity contribution in [3.63, 3.8) is 0 Å². The van der Waals surface area contributed by atoms with Gasteiger partial charge in [-0.25, -0.2) is 9.59 Å². The molecule has 0 saturated carbocycles. The van der Waals surface area contributed by atoms with Crippen LogP contribution in [-0.2, 0) is 19.1 Å². The number of ether oxygens (including phenoxy) is 2. The molecule has 0 amide bonds. The van der Waals surface area contributed by atoms with Crippen LogP contribution in [0.25, 0.3) is 0 Å². The summed E-state index contributed by atoms with van der Waals surface area (Å²) in [7, 11) is 0. The number of thioether (sulfide) groups is 2. The maximum absolute atomic E-state index is 11.6. The molecule has 0 aromatic rings. The Kier molecular flexibility index (Phi) is 8.54. The Morgan fingerprint density at radius 2 is 1.28 bits per heavy atom. The van der Waals surface area contributed by atoms with E-state index < -0.39 is 11.9 Å². The lowest BCUT2D eigenvalue weighted by Gasteiger charge is -2.07. The van der Waals surface area contributed by atoms with Crippen molar-refractivity contribution in [3.8, 4) is 10.8 Å². The number of esters is 2. The van der Waals surface area contributed by atoms with Gasteiger partial charge in [0.05, 0.1) is 13.2 Å². The minimum Gasteiger partial charge on any atom is -0.462 e. The van der Waals surface area contributed by atoms with E-state index in [1.807, 2.05) is 0 Å². The normalized spacial score (nSPS) is 10.7. The third-order valence-corrected chi connectivity index (χ3v) is 2.88. The number of rotatable bonds is 6. The molecule has 0 aromatic heterocycles. The maximum Gasteiger partial charge on any atom is 0.347 e. The molecule has 0 unspecified atom stereocenters. The summed E-state index contributed by atoms with van der Waals surface area (Å²) in [4.78, 5) is 22.7. The van der Waals surface area contributed by atoms with Gasteiger partial charge in [-0.05, 0) is 37.4 Å². The molecule has 0 aliphatic carbocycles. The number of thiocyanates is 2. The zero-order valence-corrected chi connectivity index (χ0v) is 11.4. The van der Waals surface area contributed by atoms with Crippen molar-refractivity contribution in [2.45, 2.75) is 13.8 Å². The fourth-order valence-corrected chi connectivity index (χ4v) is 1.92. The topological polar surface area (TPSA) is 100 Å². The van der Waals surface area contributed by atoms with Gasteiger partial charge >= 0.3 is 11.9 Å². The second-order valence-electron chi connectivity index (χ2n) is 2.49. The first-order valence-corrected chi connectivity index (χ1v) is 6.45. The molecule has 0 N–H and O–H groups in total. The molecule has 0 aliphatic rings. The van der Waals surface area contributed by atoms with Crippen molar-refractivity contribution in [1.29, 1.82) is 10.5 Å². The summed E-state index contributed by atoms with van der Waals surface area (Å²) >= 11 is 0.929. The second-order valence-corrected chi connectivity index (χ2v) is 4.08. The Labute approximate surface area is 113 Å². The summed E-state index contributed by atoms with van der Waals surface area (Å²) in [6.07, 6.45) is 0. The summed E-state index contributed by atoms with van der Waals surface area (Å²) in [5.74, 6) is -1.65. The van der Waals surface area contributed by atoms with Gasteiger partial charge in [0, 0.05) is 0 Å². The van der Waals surface area contributed by atoms with E-state index in [1.54, 1.807) is 24.6 Å². The number of carbonyl (C=O) groups is 2. The van der Waals surface area contributed by atoms with Gasteiger partial charge in [-0.2, -0.15) is 10.5 Å². The van der Waals surface area contributed by atoms with E-state index in [0.717, 1.165) is 0 Å². The van der Waals surface area contributed by atoms with Gasteiger partial charge in [0.15, 0.2) is 0 Å². The highest BCUT2D eigenvalue weighted by atomic mass is 32.2. The first kappa shape index (κ1) is 16.4. The number of nitriles is 2. The number of nitrogens with zero attached hydrogens (tertiary/aromatic N) is 2. The van der Waals surface area contributed by atoms with Crippen LogP contribution >= 0.6 is 23.5 Å². The Bertz CT molecular complexity index is 394. The largest absolute Gasteiger partial charge is 0.462 e. The van der Waals surface area contributed by atoms with Crippen LogP contribution in [0, 0.1) is 21.3 Å². The van der Waals surface area contributed by atoms with Crippen LogP contribution in [0.1, 0.15) is 13.8 Å². The lowest BCUT2D eigenvalue weighted by Crippen LogP contribution is -2.13.